The first kappa shape index (κ1) is 14.0. The van der Waals surface area contributed by atoms with Gasteiger partial charge in [0, 0.05) is 10.0 Å². The fourth-order valence-electron chi connectivity index (χ4n) is 2.04. The molecule has 3 aromatic rings. The number of ether oxygens (including phenoxy) is 1. The molecule has 0 amide bonds. The summed E-state index contributed by atoms with van der Waals surface area (Å²) in [5.74, 6) is 1.48. The Labute approximate surface area is 134 Å². The van der Waals surface area contributed by atoms with Gasteiger partial charge in [0.05, 0.1) is 11.3 Å². The van der Waals surface area contributed by atoms with Gasteiger partial charge in [-0.3, -0.25) is 0 Å². The van der Waals surface area contributed by atoms with Crippen LogP contribution in [-0.2, 0) is 5.88 Å². The maximum absolute atomic E-state index is 9.22. The Bertz CT molecular complexity index is 851. The minimum atomic E-state index is 0.150. The average Bonchev–Trinajstić information content (AvgIpc) is 2.86. The molecule has 0 spiro atoms. The van der Waals surface area contributed by atoms with Crippen LogP contribution in [0.3, 0.4) is 0 Å². The number of hydrogen-bond acceptors (Lipinski definition) is 3. The Kier molecular flexibility index (Phi) is 3.87. The van der Waals surface area contributed by atoms with Gasteiger partial charge in [-0.05, 0) is 24.3 Å². The van der Waals surface area contributed by atoms with Gasteiger partial charge in [-0.25, -0.2) is 0 Å². The molecule has 1 aromatic heterocycles. The highest BCUT2D eigenvalue weighted by atomic mass is 79.9. The highest BCUT2D eigenvalue weighted by Crippen LogP contribution is 2.38. The molecule has 104 valence electrons. The zero-order valence-electron chi connectivity index (χ0n) is 10.8. The molecule has 0 aliphatic rings. The summed E-state index contributed by atoms with van der Waals surface area (Å²) in [6.07, 6.45) is 0. The van der Waals surface area contributed by atoms with E-state index in [0.29, 0.717) is 23.0 Å². The SMILES string of the molecule is N#Cc1oc2ccccc2c1Oc1cc(Br)ccc1CCl. The number of furan rings is 1. The lowest BCUT2D eigenvalue weighted by Gasteiger charge is -2.09. The van der Waals surface area contributed by atoms with Gasteiger partial charge >= 0.3 is 0 Å². The molecule has 0 saturated carbocycles. The lowest BCUT2D eigenvalue weighted by Crippen LogP contribution is -1.90. The molecule has 1 heterocycles. The largest absolute Gasteiger partial charge is 0.451 e. The molecule has 0 aliphatic heterocycles. The van der Waals surface area contributed by atoms with Gasteiger partial charge < -0.3 is 9.15 Å². The van der Waals surface area contributed by atoms with Crippen molar-refractivity contribution in [3.63, 3.8) is 0 Å². The first-order valence-electron chi connectivity index (χ1n) is 6.17. The van der Waals surface area contributed by atoms with Crippen molar-refractivity contribution >= 4 is 38.5 Å². The minimum absolute atomic E-state index is 0.150. The highest BCUT2D eigenvalue weighted by Gasteiger charge is 2.17. The van der Waals surface area contributed by atoms with Crippen molar-refractivity contribution in [1.82, 2.24) is 0 Å². The van der Waals surface area contributed by atoms with E-state index in [1.807, 2.05) is 42.5 Å². The van der Waals surface area contributed by atoms with Crippen LogP contribution in [0.2, 0.25) is 0 Å². The van der Waals surface area contributed by atoms with Crippen molar-refractivity contribution in [3.8, 4) is 17.6 Å². The van der Waals surface area contributed by atoms with E-state index in [2.05, 4.69) is 15.9 Å². The van der Waals surface area contributed by atoms with E-state index in [-0.39, 0.29) is 5.76 Å². The van der Waals surface area contributed by atoms with E-state index in [1.54, 1.807) is 6.07 Å². The summed E-state index contributed by atoms with van der Waals surface area (Å²) in [5, 5.41) is 9.98. The van der Waals surface area contributed by atoms with Gasteiger partial charge in [0.1, 0.15) is 17.4 Å². The molecule has 21 heavy (non-hydrogen) atoms. The van der Waals surface area contributed by atoms with Gasteiger partial charge in [-0.15, -0.1) is 11.6 Å². The molecule has 0 radical (unpaired) electrons. The van der Waals surface area contributed by atoms with Gasteiger partial charge in [-0.2, -0.15) is 5.26 Å². The molecule has 0 N–H and O–H groups in total. The Hall–Kier alpha value is -1.96. The summed E-state index contributed by atoms with van der Waals surface area (Å²) in [6, 6.07) is 15.0. The number of para-hydroxylation sites is 1. The normalized spacial score (nSPS) is 10.5. The summed E-state index contributed by atoms with van der Waals surface area (Å²) in [6.45, 7) is 0. The first-order valence-corrected chi connectivity index (χ1v) is 7.49. The Morgan fingerprint density at radius 3 is 2.81 bits per heavy atom. The fourth-order valence-corrected chi connectivity index (χ4v) is 2.60. The number of hydrogen-bond donors (Lipinski definition) is 0. The number of nitriles is 1. The van der Waals surface area contributed by atoms with E-state index in [0.717, 1.165) is 15.4 Å². The Balaban J connectivity index is 2.14. The summed E-state index contributed by atoms with van der Waals surface area (Å²) in [4.78, 5) is 0. The molecule has 0 unspecified atom stereocenters. The van der Waals surface area contributed by atoms with Crippen LogP contribution in [-0.4, -0.2) is 0 Å². The molecule has 0 fully saturated rings. The van der Waals surface area contributed by atoms with Crippen LogP contribution >= 0.6 is 27.5 Å². The second-order valence-corrected chi connectivity index (χ2v) is 5.54. The standard InChI is InChI=1S/C16H9BrClNO2/c17-11-6-5-10(8-18)14(7-11)21-16-12-3-1-2-4-13(12)20-15(16)9-19/h1-7H,8H2. The van der Waals surface area contributed by atoms with Crippen LogP contribution < -0.4 is 4.74 Å². The number of halogens is 2. The second-order valence-electron chi connectivity index (χ2n) is 4.36. The monoisotopic (exact) mass is 361 g/mol. The molecule has 0 atom stereocenters. The molecule has 3 nitrogen and oxygen atoms in total. The minimum Gasteiger partial charge on any atom is -0.451 e. The lowest BCUT2D eigenvalue weighted by atomic mass is 10.2. The predicted molar refractivity (Wildman–Crippen MR) is 84.7 cm³/mol. The van der Waals surface area contributed by atoms with Crippen LogP contribution in [0.15, 0.2) is 51.4 Å². The zero-order chi connectivity index (χ0) is 14.8. The summed E-state index contributed by atoms with van der Waals surface area (Å²) >= 11 is 9.34. The maximum atomic E-state index is 9.22. The van der Waals surface area contributed by atoms with E-state index in [1.165, 1.54) is 0 Å². The topological polar surface area (TPSA) is 46.2 Å². The molecule has 0 bridgehead atoms. The molecule has 0 saturated heterocycles. The van der Waals surface area contributed by atoms with Crippen LogP contribution in [0.5, 0.6) is 11.5 Å². The summed E-state index contributed by atoms with van der Waals surface area (Å²) in [7, 11) is 0. The fraction of sp³-hybridized carbons (Fsp3) is 0.0625. The van der Waals surface area contributed by atoms with Crippen LogP contribution in [0.1, 0.15) is 11.3 Å². The average molecular weight is 363 g/mol. The van der Waals surface area contributed by atoms with E-state index in [9.17, 15) is 5.26 Å². The number of rotatable bonds is 3. The van der Waals surface area contributed by atoms with Crippen molar-refractivity contribution in [1.29, 1.82) is 5.26 Å². The molecular formula is C16H9BrClNO2. The smallest absolute Gasteiger partial charge is 0.247 e. The second kappa shape index (κ2) is 5.80. The number of benzene rings is 2. The Morgan fingerprint density at radius 2 is 2.05 bits per heavy atom. The maximum Gasteiger partial charge on any atom is 0.247 e. The van der Waals surface area contributed by atoms with Crippen LogP contribution in [0.4, 0.5) is 0 Å². The van der Waals surface area contributed by atoms with Gasteiger partial charge in [0.25, 0.3) is 0 Å². The van der Waals surface area contributed by atoms with Gasteiger partial charge in [0.2, 0.25) is 5.76 Å². The van der Waals surface area contributed by atoms with E-state index in [4.69, 9.17) is 20.8 Å². The third kappa shape index (κ3) is 2.63. The zero-order valence-corrected chi connectivity index (χ0v) is 13.1. The quantitative estimate of drug-likeness (QED) is 0.570. The van der Waals surface area contributed by atoms with Crippen molar-refractivity contribution in [2.45, 2.75) is 5.88 Å². The molecular weight excluding hydrogens is 354 g/mol. The van der Waals surface area contributed by atoms with Crippen LogP contribution in [0, 0.1) is 11.3 Å². The number of nitrogens with zero attached hydrogens (tertiary/aromatic N) is 1. The van der Waals surface area contributed by atoms with E-state index < -0.39 is 0 Å². The van der Waals surface area contributed by atoms with Crippen molar-refractivity contribution in [2.24, 2.45) is 0 Å². The number of alkyl halides is 1. The van der Waals surface area contributed by atoms with Crippen LogP contribution in [0.25, 0.3) is 11.0 Å². The van der Waals surface area contributed by atoms with Gasteiger partial charge in [0.15, 0.2) is 5.75 Å². The Morgan fingerprint density at radius 1 is 1.24 bits per heavy atom. The lowest BCUT2D eigenvalue weighted by molar-refractivity contribution is 0.463. The number of fused-ring (bicyclic) bond motifs is 1. The molecule has 2 aromatic carbocycles. The van der Waals surface area contributed by atoms with Crippen molar-refractivity contribution in [3.05, 3.63) is 58.3 Å². The highest BCUT2D eigenvalue weighted by molar-refractivity contribution is 9.10. The van der Waals surface area contributed by atoms with Crippen molar-refractivity contribution < 1.29 is 9.15 Å². The third-order valence-corrected chi connectivity index (χ3v) is 3.82. The molecule has 0 aliphatic carbocycles. The van der Waals surface area contributed by atoms with Gasteiger partial charge in [-0.1, -0.05) is 34.1 Å². The summed E-state index contributed by atoms with van der Waals surface area (Å²) < 4.78 is 12.3. The molecule has 3 rings (SSSR count). The first-order chi connectivity index (χ1) is 10.2. The van der Waals surface area contributed by atoms with Crippen molar-refractivity contribution in [2.75, 3.05) is 0 Å². The van der Waals surface area contributed by atoms with E-state index >= 15 is 0 Å². The predicted octanol–water partition coefficient (Wildman–Crippen LogP) is 5.60. The third-order valence-electron chi connectivity index (χ3n) is 3.04. The summed E-state index contributed by atoms with van der Waals surface area (Å²) in [5.41, 5.74) is 1.46. The molecule has 5 heteroatoms.